The number of hydrogen-bond donors (Lipinski definition) is 1. The van der Waals surface area contributed by atoms with Crippen LogP contribution in [-0.4, -0.2) is 20.6 Å². The van der Waals surface area contributed by atoms with Gasteiger partial charge in [-0.3, -0.25) is 14.2 Å². The topological polar surface area (TPSA) is 72.2 Å². The van der Waals surface area contributed by atoms with Crippen LogP contribution in [0.3, 0.4) is 0 Å². The molecule has 0 aliphatic rings. The number of aliphatic carboxylic acids is 1. The number of carboxylic acids is 1. The van der Waals surface area contributed by atoms with Gasteiger partial charge in [0.25, 0.3) is 5.56 Å². The van der Waals surface area contributed by atoms with Gasteiger partial charge in [0.05, 0.1) is 5.39 Å². The molecule has 0 amide bonds. The Morgan fingerprint density at radius 2 is 2.00 bits per heavy atom. The standard InChI is InChI=1S/C17H16N2O3S/c1-9-4-5-12(6-10(9)2)13-8-23-16-15(13)17(22)19(7-14(20)21)11(3)18-16/h4-6,8H,7H2,1-3H3,(H,20,21). The molecule has 0 radical (unpaired) electrons. The fourth-order valence-corrected chi connectivity index (χ4v) is 3.55. The SMILES string of the molecule is Cc1ccc(-c2csc3nc(C)n(CC(=O)O)c(=O)c23)cc1C. The van der Waals surface area contributed by atoms with Crippen molar-refractivity contribution in [2.45, 2.75) is 27.3 Å². The molecule has 0 saturated carbocycles. The molecule has 1 N–H and O–H groups in total. The molecule has 2 aromatic heterocycles. The maximum Gasteiger partial charge on any atom is 0.323 e. The molecule has 3 aromatic rings. The zero-order valence-corrected chi connectivity index (χ0v) is 13.9. The zero-order chi connectivity index (χ0) is 16.7. The second-order valence-electron chi connectivity index (χ2n) is 5.57. The molecule has 3 rings (SSSR count). The van der Waals surface area contributed by atoms with Crippen molar-refractivity contribution in [3.8, 4) is 11.1 Å². The normalized spacial score (nSPS) is 11.1. The number of nitrogens with zero attached hydrogens (tertiary/aromatic N) is 2. The average Bonchev–Trinajstić information content (AvgIpc) is 2.90. The molecular weight excluding hydrogens is 312 g/mol. The number of aryl methyl sites for hydroxylation is 3. The second-order valence-corrected chi connectivity index (χ2v) is 6.43. The molecule has 5 nitrogen and oxygen atoms in total. The van der Waals surface area contributed by atoms with Crippen molar-refractivity contribution in [2.24, 2.45) is 0 Å². The molecule has 1 aromatic carbocycles. The van der Waals surface area contributed by atoms with Crippen LogP contribution in [-0.2, 0) is 11.3 Å². The monoisotopic (exact) mass is 328 g/mol. The molecule has 0 saturated heterocycles. The van der Waals surface area contributed by atoms with Crippen LogP contribution in [0.2, 0.25) is 0 Å². The van der Waals surface area contributed by atoms with Crippen LogP contribution in [0.1, 0.15) is 17.0 Å². The maximum atomic E-state index is 12.8. The van der Waals surface area contributed by atoms with Crippen molar-refractivity contribution in [2.75, 3.05) is 0 Å². The van der Waals surface area contributed by atoms with Crippen molar-refractivity contribution >= 4 is 27.5 Å². The van der Waals surface area contributed by atoms with E-state index in [2.05, 4.69) is 4.98 Å². The molecule has 23 heavy (non-hydrogen) atoms. The summed E-state index contributed by atoms with van der Waals surface area (Å²) >= 11 is 1.40. The number of fused-ring (bicyclic) bond motifs is 1. The van der Waals surface area contributed by atoms with Crippen LogP contribution >= 0.6 is 11.3 Å². The summed E-state index contributed by atoms with van der Waals surface area (Å²) in [5.41, 5.74) is 3.79. The fraction of sp³-hybridized carbons (Fsp3) is 0.235. The molecule has 0 spiro atoms. The Balaban J connectivity index is 2.29. The van der Waals surface area contributed by atoms with Crippen molar-refractivity contribution < 1.29 is 9.90 Å². The molecule has 0 aliphatic carbocycles. The highest BCUT2D eigenvalue weighted by Crippen LogP contribution is 2.32. The summed E-state index contributed by atoms with van der Waals surface area (Å²) in [5.74, 6) is -0.641. The lowest BCUT2D eigenvalue weighted by Gasteiger charge is -2.08. The summed E-state index contributed by atoms with van der Waals surface area (Å²) in [6, 6.07) is 6.04. The highest BCUT2D eigenvalue weighted by Gasteiger charge is 2.16. The number of benzene rings is 1. The van der Waals surface area contributed by atoms with E-state index in [4.69, 9.17) is 5.11 Å². The predicted octanol–water partition coefficient (Wildman–Crippen LogP) is 3.13. The van der Waals surface area contributed by atoms with Gasteiger partial charge >= 0.3 is 5.97 Å². The van der Waals surface area contributed by atoms with Crippen LogP contribution < -0.4 is 5.56 Å². The maximum absolute atomic E-state index is 12.8. The third-order valence-corrected chi connectivity index (χ3v) is 4.87. The molecular formula is C17H16N2O3S. The molecule has 0 atom stereocenters. The zero-order valence-electron chi connectivity index (χ0n) is 13.1. The van der Waals surface area contributed by atoms with Crippen molar-refractivity contribution in [1.82, 2.24) is 9.55 Å². The summed E-state index contributed by atoms with van der Waals surface area (Å²) in [4.78, 5) is 28.8. The molecule has 0 unspecified atom stereocenters. The molecule has 6 heteroatoms. The van der Waals surface area contributed by atoms with Gasteiger partial charge in [-0.25, -0.2) is 4.98 Å². The van der Waals surface area contributed by atoms with Gasteiger partial charge in [-0.15, -0.1) is 11.3 Å². The lowest BCUT2D eigenvalue weighted by molar-refractivity contribution is -0.137. The lowest BCUT2D eigenvalue weighted by Crippen LogP contribution is -2.27. The number of carbonyl (C=O) groups is 1. The van der Waals surface area contributed by atoms with Crippen molar-refractivity contribution in [3.63, 3.8) is 0 Å². The van der Waals surface area contributed by atoms with E-state index in [0.717, 1.165) is 16.7 Å². The number of rotatable bonds is 3. The lowest BCUT2D eigenvalue weighted by atomic mass is 10.0. The molecule has 0 aliphatic heterocycles. The van der Waals surface area contributed by atoms with E-state index in [9.17, 15) is 9.59 Å². The van der Waals surface area contributed by atoms with Gasteiger partial charge in [-0.05, 0) is 37.5 Å². The minimum absolute atomic E-state index is 0.302. The van der Waals surface area contributed by atoms with Crippen LogP contribution in [0.15, 0.2) is 28.4 Å². The quantitative estimate of drug-likeness (QED) is 0.802. The van der Waals surface area contributed by atoms with E-state index in [1.807, 2.05) is 37.4 Å². The first-order chi connectivity index (χ1) is 10.9. The summed E-state index contributed by atoms with van der Waals surface area (Å²) in [6.07, 6.45) is 0. The van der Waals surface area contributed by atoms with Crippen molar-refractivity contribution in [1.29, 1.82) is 0 Å². The van der Waals surface area contributed by atoms with Gasteiger partial charge in [-0.2, -0.15) is 0 Å². The Morgan fingerprint density at radius 1 is 1.26 bits per heavy atom. The number of carboxylic acid groups (broad SMARTS) is 1. The first kappa shape index (κ1) is 15.4. The first-order valence-electron chi connectivity index (χ1n) is 7.16. The van der Waals surface area contributed by atoms with E-state index < -0.39 is 5.97 Å². The number of hydrogen-bond acceptors (Lipinski definition) is 4. The predicted molar refractivity (Wildman–Crippen MR) is 91.2 cm³/mol. The molecule has 0 bridgehead atoms. The van der Waals surface area contributed by atoms with Crippen LogP contribution in [0, 0.1) is 20.8 Å². The average molecular weight is 328 g/mol. The Bertz CT molecular complexity index is 985. The van der Waals surface area contributed by atoms with Crippen molar-refractivity contribution in [3.05, 3.63) is 50.9 Å². The van der Waals surface area contributed by atoms with Crippen LogP contribution in [0.4, 0.5) is 0 Å². The smallest absolute Gasteiger partial charge is 0.323 e. The van der Waals surface area contributed by atoms with Gasteiger partial charge in [0, 0.05) is 10.9 Å². The highest BCUT2D eigenvalue weighted by atomic mass is 32.1. The molecule has 118 valence electrons. The summed E-state index contributed by atoms with van der Waals surface area (Å²) in [5, 5.41) is 11.4. The Kier molecular flexibility index (Phi) is 3.77. The van der Waals surface area contributed by atoms with Crippen LogP contribution in [0.5, 0.6) is 0 Å². The van der Waals surface area contributed by atoms with Gasteiger partial charge in [0.1, 0.15) is 17.2 Å². The summed E-state index contributed by atoms with van der Waals surface area (Å²) in [6.45, 7) is 5.34. The van der Waals surface area contributed by atoms with E-state index >= 15 is 0 Å². The van der Waals surface area contributed by atoms with Gasteiger partial charge in [-0.1, -0.05) is 18.2 Å². The highest BCUT2D eigenvalue weighted by molar-refractivity contribution is 7.17. The van der Waals surface area contributed by atoms with Gasteiger partial charge < -0.3 is 5.11 Å². The third-order valence-electron chi connectivity index (χ3n) is 4.00. The number of thiophene rings is 1. The van der Waals surface area contributed by atoms with Gasteiger partial charge in [0.15, 0.2) is 0 Å². The van der Waals surface area contributed by atoms with E-state index in [0.29, 0.717) is 16.0 Å². The van der Waals surface area contributed by atoms with E-state index in [1.165, 1.54) is 21.5 Å². The van der Waals surface area contributed by atoms with E-state index in [1.54, 1.807) is 6.92 Å². The largest absolute Gasteiger partial charge is 0.480 e. The Hall–Kier alpha value is -2.47. The van der Waals surface area contributed by atoms with E-state index in [-0.39, 0.29) is 12.1 Å². The fourth-order valence-electron chi connectivity index (χ4n) is 2.57. The molecule has 0 fully saturated rings. The van der Waals surface area contributed by atoms with Gasteiger partial charge in [0.2, 0.25) is 0 Å². The summed E-state index contributed by atoms with van der Waals surface area (Å²) < 4.78 is 1.21. The third kappa shape index (κ3) is 2.66. The minimum atomic E-state index is -1.06. The Morgan fingerprint density at radius 3 is 2.65 bits per heavy atom. The molecule has 2 heterocycles. The summed E-state index contributed by atoms with van der Waals surface area (Å²) in [7, 11) is 0. The Labute approximate surface area is 136 Å². The number of aromatic nitrogens is 2. The second kappa shape index (κ2) is 5.62. The minimum Gasteiger partial charge on any atom is -0.480 e. The first-order valence-corrected chi connectivity index (χ1v) is 8.04. The van der Waals surface area contributed by atoms with Crippen LogP contribution in [0.25, 0.3) is 21.3 Å².